The van der Waals surface area contributed by atoms with Crippen molar-refractivity contribution in [3.63, 3.8) is 0 Å². The lowest BCUT2D eigenvalue weighted by Crippen LogP contribution is -2.51. The third-order valence-electron chi connectivity index (χ3n) is 8.00. The fourth-order valence-electron chi connectivity index (χ4n) is 5.99. The molecule has 0 bridgehead atoms. The highest BCUT2D eigenvalue weighted by Crippen LogP contribution is 2.37. The van der Waals surface area contributed by atoms with E-state index in [-0.39, 0.29) is 30.2 Å². The molecule has 3 amide bonds. The number of amides is 3. The second kappa shape index (κ2) is 11.9. The van der Waals surface area contributed by atoms with E-state index in [9.17, 15) is 14.4 Å². The highest BCUT2D eigenvalue weighted by Gasteiger charge is 2.32. The van der Waals surface area contributed by atoms with Crippen LogP contribution in [0.15, 0.2) is 60.7 Å². The Kier molecular flexibility index (Phi) is 8.15. The maximum Gasteiger partial charge on any atom is 0.258 e. The lowest BCUT2D eigenvalue weighted by Gasteiger charge is -2.32. The third-order valence-corrected chi connectivity index (χ3v) is 8.00. The summed E-state index contributed by atoms with van der Waals surface area (Å²) in [4.78, 5) is 43.7. The summed E-state index contributed by atoms with van der Waals surface area (Å²) in [5, 5.41) is 5.21. The van der Waals surface area contributed by atoms with Crippen LogP contribution in [0.5, 0.6) is 5.75 Å². The number of carbonyl (C=O) groups is 3. The number of methoxy groups -OCH3 is 1. The fraction of sp³-hybridized carbons (Fsp3) is 0.406. The van der Waals surface area contributed by atoms with Crippen LogP contribution in [0.1, 0.15) is 67.8 Å². The quantitative estimate of drug-likeness (QED) is 0.359. The first-order valence-corrected chi connectivity index (χ1v) is 14.1. The zero-order valence-electron chi connectivity index (χ0n) is 22.8. The van der Waals surface area contributed by atoms with Gasteiger partial charge in [-0.1, -0.05) is 56.2 Å². The lowest BCUT2D eigenvalue weighted by molar-refractivity contribution is -0.141. The largest absolute Gasteiger partial charge is 0.497 e. The van der Waals surface area contributed by atoms with Crippen LogP contribution in [0, 0.1) is 0 Å². The van der Waals surface area contributed by atoms with Crippen molar-refractivity contribution in [2.75, 3.05) is 18.6 Å². The topological polar surface area (TPSA) is 79.0 Å². The number of nitrogens with zero attached hydrogens (tertiary/aromatic N) is 2. The van der Waals surface area contributed by atoms with Gasteiger partial charge in [0, 0.05) is 36.5 Å². The molecule has 1 aliphatic carbocycles. The minimum Gasteiger partial charge on any atom is -0.497 e. The van der Waals surface area contributed by atoms with E-state index in [1.807, 2.05) is 67.6 Å². The summed E-state index contributed by atoms with van der Waals surface area (Å²) < 4.78 is 5.38. The molecule has 0 spiro atoms. The molecule has 2 aliphatic rings. The normalized spacial score (nSPS) is 15.5. The number of anilines is 1. The van der Waals surface area contributed by atoms with E-state index < -0.39 is 6.04 Å². The number of hydrogen-bond acceptors (Lipinski definition) is 4. The van der Waals surface area contributed by atoms with Gasteiger partial charge < -0.3 is 19.9 Å². The molecular formula is C32H37N3O4. The molecule has 1 heterocycles. The maximum absolute atomic E-state index is 13.7. The van der Waals surface area contributed by atoms with Crippen LogP contribution in [-0.4, -0.2) is 48.4 Å². The molecule has 0 saturated heterocycles. The van der Waals surface area contributed by atoms with Gasteiger partial charge in [0.15, 0.2) is 0 Å². The number of benzene rings is 3. The van der Waals surface area contributed by atoms with E-state index in [0.717, 1.165) is 47.7 Å². The molecule has 1 aliphatic heterocycles. The lowest BCUT2D eigenvalue weighted by atomic mass is 10.1. The van der Waals surface area contributed by atoms with Crippen LogP contribution in [0.25, 0.3) is 10.8 Å². The fourth-order valence-corrected chi connectivity index (χ4v) is 5.99. The van der Waals surface area contributed by atoms with Gasteiger partial charge in [0.05, 0.1) is 12.8 Å². The van der Waals surface area contributed by atoms with Crippen LogP contribution < -0.4 is 15.0 Å². The third kappa shape index (κ3) is 5.63. The first kappa shape index (κ1) is 26.7. The van der Waals surface area contributed by atoms with Gasteiger partial charge >= 0.3 is 0 Å². The van der Waals surface area contributed by atoms with Crippen molar-refractivity contribution in [1.82, 2.24) is 10.2 Å². The van der Waals surface area contributed by atoms with Crippen molar-refractivity contribution in [1.29, 1.82) is 0 Å². The van der Waals surface area contributed by atoms with Crippen molar-refractivity contribution >= 4 is 34.2 Å². The number of hydrogen-bond donors (Lipinski definition) is 1. The molecule has 7 heteroatoms. The number of rotatable bonds is 11. The van der Waals surface area contributed by atoms with E-state index >= 15 is 0 Å². The SMILES string of the molecule is CCC(C(=O)NC1CCCC1)N(Cc1cccc(OC)c1)C(=O)CCCN1C(=O)c2cccc3cccc1c23. The summed E-state index contributed by atoms with van der Waals surface area (Å²) in [7, 11) is 1.62. The van der Waals surface area contributed by atoms with Crippen molar-refractivity contribution in [3.05, 3.63) is 71.8 Å². The van der Waals surface area contributed by atoms with Gasteiger partial charge in [0.1, 0.15) is 11.8 Å². The van der Waals surface area contributed by atoms with Crippen LogP contribution >= 0.6 is 0 Å². The molecule has 7 nitrogen and oxygen atoms in total. The first-order valence-electron chi connectivity index (χ1n) is 14.1. The van der Waals surface area contributed by atoms with Gasteiger partial charge in [0.2, 0.25) is 11.8 Å². The van der Waals surface area contributed by atoms with Crippen LogP contribution in [0.3, 0.4) is 0 Å². The van der Waals surface area contributed by atoms with Gasteiger partial charge in [-0.05, 0) is 60.9 Å². The summed E-state index contributed by atoms with van der Waals surface area (Å²) in [6.45, 7) is 2.71. The van der Waals surface area contributed by atoms with Crippen molar-refractivity contribution in [2.45, 2.75) is 70.5 Å². The predicted octanol–water partition coefficient (Wildman–Crippen LogP) is 5.46. The maximum atomic E-state index is 13.7. The molecule has 1 saturated carbocycles. The second-order valence-electron chi connectivity index (χ2n) is 10.5. The molecular weight excluding hydrogens is 490 g/mol. The van der Waals surface area contributed by atoms with Crippen LogP contribution in [-0.2, 0) is 16.1 Å². The number of ether oxygens (including phenoxy) is 1. The summed E-state index contributed by atoms with van der Waals surface area (Å²) in [6, 6.07) is 19.0. The molecule has 39 heavy (non-hydrogen) atoms. The van der Waals surface area contributed by atoms with Gasteiger partial charge in [-0.3, -0.25) is 14.4 Å². The average Bonchev–Trinajstić information content (AvgIpc) is 3.56. The number of carbonyl (C=O) groups excluding carboxylic acids is 3. The minimum atomic E-state index is -0.560. The van der Waals surface area contributed by atoms with Gasteiger partial charge in [-0.2, -0.15) is 0 Å². The molecule has 3 aromatic rings. The van der Waals surface area contributed by atoms with Crippen LogP contribution in [0.2, 0.25) is 0 Å². The van der Waals surface area contributed by atoms with E-state index in [2.05, 4.69) is 5.32 Å². The first-order chi connectivity index (χ1) is 19.0. The summed E-state index contributed by atoms with van der Waals surface area (Å²) in [6.07, 6.45) is 5.51. The Morgan fingerprint density at radius 1 is 1.08 bits per heavy atom. The van der Waals surface area contributed by atoms with E-state index in [1.165, 1.54) is 0 Å². The molecule has 0 aromatic heterocycles. The molecule has 1 fully saturated rings. The van der Waals surface area contributed by atoms with Crippen molar-refractivity contribution in [3.8, 4) is 5.75 Å². The van der Waals surface area contributed by atoms with E-state index in [0.29, 0.717) is 37.2 Å². The molecule has 0 radical (unpaired) electrons. The summed E-state index contributed by atoms with van der Waals surface area (Å²) in [5.74, 6) is 0.514. The molecule has 204 valence electrons. The predicted molar refractivity (Wildman–Crippen MR) is 153 cm³/mol. The Hall–Kier alpha value is -3.87. The summed E-state index contributed by atoms with van der Waals surface area (Å²) >= 11 is 0. The Balaban J connectivity index is 1.30. The van der Waals surface area contributed by atoms with E-state index in [4.69, 9.17) is 4.74 Å². The minimum absolute atomic E-state index is 0.0233. The second-order valence-corrected chi connectivity index (χ2v) is 10.5. The molecule has 3 aromatic carbocycles. The standard InChI is InChI=1S/C32H37N3O4/c1-3-27(31(37)33-24-13-4-5-14-24)35(21-22-10-6-15-25(20-22)39-2)29(36)18-9-19-34-28-17-8-12-23-11-7-16-26(30(23)28)32(34)38/h6-8,10-12,15-17,20,24,27H,3-5,9,13-14,18-19,21H2,1-2H3,(H,33,37). The monoisotopic (exact) mass is 527 g/mol. The highest BCUT2D eigenvalue weighted by atomic mass is 16.5. The average molecular weight is 528 g/mol. The number of nitrogens with one attached hydrogen (secondary N) is 1. The Labute approximate surface area is 230 Å². The smallest absolute Gasteiger partial charge is 0.258 e. The molecule has 1 N–H and O–H groups in total. The van der Waals surface area contributed by atoms with Gasteiger partial charge in [0.25, 0.3) is 5.91 Å². The highest BCUT2D eigenvalue weighted by molar-refractivity contribution is 6.25. The zero-order valence-corrected chi connectivity index (χ0v) is 22.8. The van der Waals surface area contributed by atoms with Crippen LogP contribution in [0.4, 0.5) is 5.69 Å². The molecule has 1 unspecified atom stereocenters. The Morgan fingerprint density at radius 2 is 1.82 bits per heavy atom. The van der Waals surface area contributed by atoms with Crippen molar-refractivity contribution < 1.29 is 19.1 Å². The molecule has 1 atom stereocenters. The summed E-state index contributed by atoms with van der Waals surface area (Å²) in [5.41, 5.74) is 2.52. The van der Waals surface area contributed by atoms with Gasteiger partial charge in [-0.25, -0.2) is 0 Å². The Morgan fingerprint density at radius 3 is 2.56 bits per heavy atom. The van der Waals surface area contributed by atoms with Gasteiger partial charge in [-0.15, -0.1) is 0 Å². The van der Waals surface area contributed by atoms with Crippen molar-refractivity contribution in [2.24, 2.45) is 0 Å². The zero-order chi connectivity index (χ0) is 27.4. The Bertz CT molecular complexity index is 1360. The van der Waals surface area contributed by atoms with E-state index in [1.54, 1.807) is 16.9 Å². The molecule has 5 rings (SSSR count).